The highest BCUT2D eigenvalue weighted by atomic mass is 32.1. The van der Waals surface area contributed by atoms with Crippen molar-refractivity contribution in [2.45, 2.75) is 38.8 Å². The molecule has 0 amide bonds. The second-order valence-corrected chi connectivity index (χ2v) is 11.0. The van der Waals surface area contributed by atoms with E-state index in [0.717, 1.165) is 51.4 Å². The van der Waals surface area contributed by atoms with Gasteiger partial charge in [-0.2, -0.15) is 10.4 Å². The van der Waals surface area contributed by atoms with Crippen LogP contribution in [0.25, 0.3) is 27.5 Å². The van der Waals surface area contributed by atoms with Crippen molar-refractivity contribution in [3.8, 4) is 28.0 Å². The Bertz CT molecular complexity index is 1440. The molecule has 9 nitrogen and oxygen atoms in total. The van der Waals surface area contributed by atoms with Gasteiger partial charge < -0.3 is 15.5 Å². The van der Waals surface area contributed by atoms with E-state index in [1.165, 1.54) is 12.8 Å². The lowest BCUT2D eigenvalue weighted by molar-refractivity contribution is 0.313. The Morgan fingerprint density at radius 3 is 2.64 bits per heavy atom. The van der Waals surface area contributed by atoms with Crippen LogP contribution in [-0.4, -0.2) is 57.0 Å². The van der Waals surface area contributed by atoms with Crippen LogP contribution in [0, 0.1) is 23.2 Å². The third-order valence-electron chi connectivity index (χ3n) is 7.32. The van der Waals surface area contributed by atoms with Crippen LogP contribution in [-0.2, 0) is 0 Å². The summed E-state index contributed by atoms with van der Waals surface area (Å²) < 4.78 is 1.81. The molecule has 1 saturated carbocycles. The Morgan fingerprint density at radius 1 is 1.11 bits per heavy atom. The van der Waals surface area contributed by atoms with E-state index >= 15 is 0 Å². The summed E-state index contributed by atoms with van der Waals surface area (Å²) in [6.45, 7) is 6.31. The SMILES string of the molecule is CNC1[C@H]2CC[C@H]1CN(c1nnc(-c3cnc(-c4ccc5cc(C#N)cnn45)cc3NC(C)C)s1)C2. The maximum absolute atomic E-state index is 9.18. The first-order chi connectivity index (χ1) is 17.5. The average molecular weight is 500 g/mol. The number of nitrogens with one attached hydrogen (secondary N) is 2. The zero-order chi connectivity index (χ0) is 24.8. The summed E-state index contributed by atoms with van der Waals surface area (Å²) in [6.07, 6.45) is 6.03. The van der Waals surface area contributed by atoms with Crippen LogP contribution in [0.1, 0.15) is 32.3 Å². The number of hydrogen-bond acceptors (Lipinski definition) is 9. The zero-order valence-corrected chi connectivity index (χ0v) is 21.5. The van der Waals surface area contributed by atoms with Gasteiger partial charge in [-0.3, -0.25) is 4.98 Å². The number of piperidine rings is 1. The van der Waals surface area contributed by atoms with Gasteiger partial charge in [0.15, 0.2) is 5.01 Å². The molecule has 0 spiro atoms. The molecule has 0 radical (unpaired) electrons. The number of hydrogen-bond donors (Lipinski definition) is 2. The van der Waals surface area contributed by atoms with Crippen molar-refractivity contribution in [1.29, 1.82) is 5.26 Å². The molecule has 36 heavy (non-hydrogen) atoms. The molecule has 1 saturated heterocycles. The van der Waals surface area contributed by atoms with Gasteiger partial charge in [0.25, 0.3) is 0 Å². The standard InChI is InChI=1S/C26H29N9S/c1-15(2)31-21-9-22(23-7-6-19-8-16(10-27)11-30-35(19)23)29-12-20(21)25-32-33-26(36-25)34-13-17-4-5-18(14-34)24(17)28-3/h6-9,11-12,15,17-18,24,28H,4-5,13-14H2,1-3H3,(H,29,31)/t17-,18-/m0/s1. The third-order valence-corrected chi connectivity index (χ3v) is 8.34. The Hall–Kier alpha value is -3.55. The molecule has 2 aliphatic rings. The minimum atomic E-state index is 0.239. The normalized spacial score (nSPS) is 21.3. The van der Waals surface area contributed by atoms with Crippen molar-refractivity contribution < 1.29 is 0 Å². The van der Waals surface area contributed by atoms with Crippen LogP contribution in [0.15, 0.2) is 36.7 Å². The summed E-state index contributed by atoms with van der Waals surface area (Å²) in [7, 11) is 2.09. The van der Waals surface area contributed by atoms with Gasteiger partial charge in [0.2, 0.25) is 5.13 Å². The Kier molecular flexibility index (Phi) is 5.82. The molecule has 6 rings (SSSR count). The van der Waals surface area contributed by atoms with Gasteiger partial charge in [-0.15, -0.1) is 10.2 Å². The predicted octanol–water partition coefficient (Wildman–Crippen LogP) is 4.04. The van der Waals surface area contributed by atoms with Gasteiger partial charge in [-0.05, 0) is 69.8 Å². The summed E-state index contributed by atoms with van der Waals surface area (Å²) in [5.74, 6) is 1.35. The fourth-order valence-electron chi connectivity index (χ4n) is 5.75. The Labute approximate surface area is 214 Å². The monoisotopic (exact) mass is 499 g/mol. The van der Waals surface area contributed by atoms with Crippen LogP contribution < -0.4 is 15.5 Å². The summed E-state index contributed by atoms with van der Waals surface area (Å²) in [5.41, 5.74) is 4.98. The number of pyridine rings is 1. The molecular formula is C26H29N9S. The minimum absolute atomic E-state index is 0.239. The number of aromatic nitrogens is 5. The van der Waals surface area contributed by atoms with Gasteiger partial charge >= 0.3 is 0 Å². The van der Waals surface area contributed by atoms with E-state index in [9.17, 15) is 5.26 Å². The molecule has 0 aromatic carbocycles. The van der Waals surface area contributed by atoms with Crippen molar-refractivity contribution in [2.75, 3.05) is 30.4 Å². The number of nitriles is 1. The molecule has 5 heterocycles. The van der Waals surface area contributed by atoms with Crippen LogP contribution in [0.4, 0.5) is 10.8 Å². The highest BCUT2D eigenvalue weighted by molar-refractivity contribution is 7.18. The summed E-state index contributed by atoms with van der Waals surface area (Å²) >= 11 is 1.64. The number of rotatable bonds is 6. The fraction of sp³-hybridized carbons (Fsp3) is 0.423. The van der Waals surface area contributed by atoms with E-state index in [2.05, 4.69) is 63.9 Å². The van der Waals surface area contributed by atoms with Gasteiger partial charge in [0.05, 0.1) is 34.2 Å². The van der Waals surface area contributed by atoms with E-state index in [1.54, 1.807) is 17.5 Å². The van der Waals surface area contributed by atoms with Gasteiger partial charge in [-0.1, -0.05) is 11.3 Å². The molecule has 2 N–H and O–H groups in total. The van der Waals surface area contributed by atoms with Crippen LogP contribution in [0.5, 0.6) is 0 Å². The van der Waals surface area contributed by atoms with Crippen molar-refractivity contribution in [2.24, 2.45) is 11.8 Å². The van der Waals surface area contributed by atoms with E-state index in [0.29, 0.717) is 23.4 Å². The molecule has 2 bridgehead atoms. The van der Waals surface area contributed by atoms with E-state index < -0.39 is 0 Å². The average Bonchev–Trinajstić information content (AvgIpc) is 3.59. The first-order valence-corrected chi connectivity index (χ1v) is 13.3. The van der Waals surface area contributed by atoms with Crippen molar-refractivity contribution in [3.05, 3.63) is 42.2 Å². The van der Waals surface area contributed by atoms with Crippen LogP contribution in [0.3, 0.4) is 0 Å². The molecule has 4 aromatic rings. The highest BCUT2D eigenvalue weighted by Crippen LogP contribution is 2.41. The van der Waals surface area contributed by atoms with Gasteiger partial charge in [0.1, 0.15) is 6.07 Å². The predicted molar refractivity (Wildman–Crippen MR) is 142 cm³/mol. The maximum atomic E-state index is 9.18. The maximum Gasteiger partial charge on any atom is 0.208 e. The molecular weight excluding hydrogens is 470 g/mol. The molecule has 184 valence electrons. The molecule has 1 aliphatic heterocycles. The summed E-state index contributed by atoms with van der Waals surface area (Å²) in [6, 6.07) is 10.8. The second-order valence-electron chi connectivity index (χ2n) is 10.0. The lowest BCUT2D eigenvalue weighted by Gasteiger charge is -2.37. The minimum Gasteiger partial charge on any atom is -0.382 e. The Balaban J connectivity index is 1.32. The van der Waals surface area contributed by atoms with Gasteiger partial charge in [-0.25, -0.2) is 4.52 Å². The lowest BCUT2D eigenvalue weighted by Crippen LogP contribution is -2.50. The topological polar surface area (TPSA) is 107 Å². The highest BCUT2D eigenvalue weighted by Gasteiger charge is 2.41. The molecule has 1 aliphatic carbocycles. The second kappa shape index (κ2) is 9.15. The lowest BCUT2D eigenvalue weighted by atomic mass is 9.93. The first kappa shape index (κ1) is 22.9. The zero-order valence-electron chi connectivity index (χ0n) is 20.6. The largest absolute Gasteiger partial charge is 0.382 e. The van der Waals surface area contributed by atoms with Crippen LogP contribution in [0.2, 0.25) is 0 Å². The fourth-order valence-corrected chi connectivity index (χ4v) is 6.64. The van der Waals surface area contributed by atoms with E-state index in [1.807, 2.05) is 28.9 Å². The van der Waals surface area contributed by atoms with E-state index in [-0.39, 0.29) is 6.04 Å². The van der Waals surface area contributed by atoms with Crippen LogP contribution >= 0.6 is 11.3 Å². The molecule has 2 atom stereocenters. The van der Waals surface area contributed by atoms with Crippen molar-refractivity contribution in [1.82, 2.24) is 30.1 Å². The Morgan fingerprint density at radius 2 is 1.92 bits per heavy atom. The molecule has 2 fully saturated rings. The molecule has 10 heteroatoms. The van der Waals surface area contributed by atoms with Crippen molar-refractivity contribution in [3.63, 3.8) is 0 Å². The van der Waals surface area contributed by atoms with Gasteiger partial charge in [0, 0.05) is 37.1 Å². The number of fused-ring (bicyclic) bond motifs is 3. The molecule has 0 unspecified atom stereocenters. The first-order valence-electron chi connectivity index (χ1n) is 12.4. The quantitative estimate of drug-likeness (QED) is 0.409. The summed E-state index contributed by atoms with van der Waals surface area (Å²) in [5, 5.41) is 31.8. The van der Waals surface area contributed by atoms with E-state index in [4.69, 9.17) is 4.98 Å². The summed E-state index contributed by atoms with van der Waals surface area (Å²) in [4.78, 5) is 7.21. The number of anilines is 2. The number of nitrogens with zero attached hydrogens (tertiary/aromatic N) is 7. The third kappa shape index (κ3) is 3.98. The van der Waals surface area contributed by atoms with Crippen molar-refractivity contribution >= 4 is 27.7 Å². The molecule has 4 aromatic heterocycles. The smallest absolute Gasteiger partial charge is 0.208 e.